The van der Waals surface area contributed by atoms with Crippen molar-refractivity contribution < 1.29 is 26.7 Å². The predicted molar refractivity (Wildman–Crippen MR) is 120 cm³/mol. The Morgan fingerprint density at radius 1 is 0.970 bits per heavy atom. The van der Waals surface area contributed by atoms with E-state index < -0.39 is 27.7 Å². The Balaban J connectivity index is 1.62. The minimum atomic E-state index is -3.78. The van der Waals surface area contributed by atoms with E-state index in [2.05, 4.69) is 4.90 Å². The highest BCUT2D eigenvalue weighted by Gasteiger charge is 2.40. The maximum absolute atomic E-state index is 13.8. The molecule has 1 saturated heterocycles. The molecule has 0 N–H and O–H groups in total. The van der Waals surface area contributed by atoms with Crippen LogP contribution in [0, 0.1) is 11.6 Å². The lowest BCUT2D eigenvalue weighted by Crippen LogP contribution is -2.61. The monoisotopic (exact) mass is 472 g/mol. The molecule has 1 fully saturated rings. The van der Waals surface area contributed by atoms with Crippen molar-refractivity contribution in [2.45, 2.75) is 12.1 Å². The van der Waals surface area contributed by atoms with Crippen molar-refractivity contribution in [2.75, 3.05) is 23.7 Å². The van der Waals surface area contributed by atoms with Gasteiger partial charge in [-0.05, 0) is 35.4 Å². The zero-order valence-electron chi connectivity index (χ0n) is 17.8. The Hall–Kier alpha value is -3.30. The molecule has 1 aliphatic heterocycles. The van der Waals surface area contributed by atoms with Gasteiger partial charge in [0.15, 0.2) is 0 Å². The topological polar surface area (TPSA) is 66.9 Å². The quantitative estimate of drug-likeness (QED) is 0.468. The van der Waals surface area contributed by atoms with Gasteiger partial charge in [-0.3, -0.25) is 14.0 Å². The molecule has 0 bridgehead atoms. The fourth-order valence-electron chi connectivity index (χ4n) is 4.22. The normalized spacial score (nSPS) is 15.5. The number of halogens is 2. The molecule has 0 aromatic heterocycles. The van der Waals surface area contributed by atoms with Gasteiger partial charge in [-0.1, -0.05) is 42.5 Å². The number of rotatable bonds is 8. The standard InChI is InChI=1S/C24H22F2N2O4S/c1-33(30,31)28(21-12-19(25)11-20(26)13-21)22-14-27(15-22)24(17-5-3-2-4-6-17)18-7-9-23(10-8-18)32-16-29/h2-13,16,22,24H,14-15H2,1H3/t24-/m0/s1. The number of sulfonamides is 1. The number of nitrogens with zero attached hydrogens (tertiary/aromatic N) is 2. The molecule has 1 heterocycles. The molecule has 0 spiro atoms. The molecule has 172 valence electrons. The minimum absolute atomic E-state index is 0.0359. The van der Waals surface area contributed by atoms with E-state index in [1.165, 1.54) is 0 Å². The van der Waals surface area contributed by atoms with Crippen LogP contribution >= 0.6 is 0 Å². The lowest BCUT2D eigenvalue weighted by molar-refractivity contribution is -0.120. The molecule has 0 radical (unpaired) electrons. The zero-order chi connectivity index (χ0) is 23.6. The van der Waals surface area contributed by atoms with E-state index >= 15 is 0 Å². The van der Waals surface area contributed by atoms with Crippen LogP contribution in [0.5, 0.6) is 5.75 Å². The number of benzene rings is 3. The summed E-state index contributed by atoms with van der Waals surface area (Å²) in [5.74, 6) is -1.26. The van der Waals surface area contributed by atoms with Gasteiger partial charge in [0.2, 0.25) is 10.0 Å². The first-order valence-electron chi connectivity index (χ1n) is 10.2. The summed E-state index contributed by atoms with van der Waals surface area (Å²) in [5.41, 5.74) is 1.90. The van der Waals surface area contributed by atoms with Gasteiger partial charge in [-0.15, -0.1) is 0 Å². The summed E-state index contributed by atoms with van der Waals surface area (Å²) in [6, 6.07) is 18.9. The Morgan fingerprint density at radius 3 is 2.09 bits per heavy atom. The number of hydrogen-bond acceptors (Lipinski definition) is 5. The predicted octanol–water partition coefficient (Wildman–Crippen LogP) is 3.74. The number of likely N-dealkylation sites (tertiary alicyclic amines) is 1. The van der Waals surface area contributed by atoms with Crippen LogP contribution in [0.25, 0.3) is 0 Å². The molecule has 0 aliphatic carbocycles. The molecule has 3 aromatic rings. The second-order valence-electron chi connectivity index (χ2n) is 7.89. The van der Waals surface area contributed by atoms with Crippen molar-refractivity contribution in [3.63, 3.8) is 0 Å². The maximum Gasteiger partial charge on any atom is 0.298 e. The van der Waals surface area contributed by atoms with Gasteiger partial charge in [0.05, 0.1) is 24.0 Å². The summed E-state index contributed by atoms with van der Waals surface area (Å²) >= 11 is 0. The first-order valence-corrected chi connectivity index (χ1v) is 12.1. The van der Waals surface area contributed by atoms with Crippen molar-refractivity contribution in [1.29, 1.82) is 0 Å². The highest BCUT2D eigenvalue weighted by atomic mass is 32.2. The van der Waals surface area contributed by atoms with Crippen LogP contribution < -0.4 is 9.04 Å². The van der Waals surface area contributed by atoms with E-state index in [0.29, 0.717) is 31.4 Å². The maximum atomic E-state index is 13.8. The van der Waals surface area contributed by atoms with Gasteiger partial charge >= 0.3 is 0 Å². The summed E-state index contributed by atoms with van der Waals surface area (Å²) in [7, 11) is -3.78. The molecule has 1 aliphatic rings. The van der Waals surface area contributed by atoms with Crippen LogP contribution in [-0.4, -0.2) is 45.2 Å². The highest BCUT2D eigenvalue weighted by Crippen LogP contribution is 2.36. The van der Waals surface area contributed by atoms with Gasteiger partial charge in [0.25, 0.3) is 6.47 Å². The molecule has 9 heteroatoms. The Bertz CT molecular complexity index is 1210. The average molecular weight is 473 g/mol. The van der Waals surface area contributed by atoms with E-state index in [1.54, 1.807) is 12.1 Å². The SMILES string of the molecule is CS(=O)(=O)N(c1cc(F)cc(F)c1)C1CN([C@@H](c2ccccc2)c2ccc(OC=O)cc2)C1. The van der Waals surface area contributed by atoms with Crippen LogP contribution in [0.1, 0.15) is 17.2 Å². The van der Waals surface area contributed by atoms with E-state index in [1.807, 2.05) is 42.5 Å². The second kappa shape index (κ2) is 9.29. The minimum Gasteiger partial charge on any atom is -0.429 e. The first-order chi connectivity index (χ1) is 15.8. The molecule has 33 heavy (non-hydrogen) atoms. The lowest BCUT2D eigenvalue weighted by atomic mass is 9.93. The number of anilines is 1. The molecule has 1 atom stereocenters. The van der Waals surface area contributed by atoms with Gasteiger partial charge in [-0.25, -0.2) is 17.2 Å². The van der Waals surface area contributed by atoms with E-state index in [9.17, 15) is 22.0 Å². The molecule has 6 nitrogen and oxygen atoms in total. The number of hydrogen-bond donors (Lipinski definition) is 0. The van der Waals surface area contributed by atoms with Gasteiger partial charge in [-0.2, -0.15) is 0 Å². The summed E-state index contributed by atoms with van der Waals surface area (Å²) in [4.78, 5) is 12.7. The number of carbonyl (C=O) groups excluding carboxylic acids is 1. The van der Waals surface area contributed by atoms with Crippen LogP contribution in [0.3, 0.4) is 0 Å². The summed E-state index contributed by atoms with van der Waals surface area (Å²) in [5, 5.41) is 0. The summed E-state index contributed by atoms with van der Waals surface area (Å²) < 4.78 is 58.6. The summed E-state index contributed by atoms with van der Waals surface area (Å²) in [6.45, 7) is 1.08. The fraction of sp³-hybridized carbons (Fsp3) is 0.208. The van der Waals surface area contributed by atoms with Crippen molar-refractivity contribution >= 4 is 22.2 Å². The van der Waals surface area contributed by atoms with E-state index in [4.69, 9.17) is 4.74 Å². The molecule has 0 saturated carbocycles. The third kappa shape index (κ3) is 5.04. The molecular weight excluding hydrogens is 450 g/mol. The third-order valence-electron chi connectivity index (χ3n) is 5.54. The van der Waals surface area contributed by atoms with Crippen LogP contribution in [0.15, 0.2) is 72.8 Å². The van der Waals surface area contributed by atoms with Gasteiger partial charge < -0.3 is 4.74 Å². The summed E-state index contributed by atoms with van der Waals surface area (Å²) in [6.07, 6.45) is 1.03. The Labute approximate surface area is 191 Å². The van der Waals surface area contributed by atoms with Crippen molar-refractivity contribution in [3.05, 3.63) is 95.6 Å². The first kappa shape index (κ1) is 22.9. The molecular formula is C24H22F2N2O4S. The zero-order valence-corrected chi connectivity index (χ0v) is 18.6. The Kier molecular flexibility index (Phi) is 6.44. The largest absolute Gasteiger partial charge is 0.429 e. The van der Waals surface area contributed by atoms with Crippen LogP contribution in [0.2, 0.25) is 0 Å². The van der Waals surface area contributed by atoms with Crippen LogP contribution in [0.4, 0.5) is 14.5 Å². The average Bonchev–Trinajstić information content (AvgIpc) is 2.72. The highest BCUT2D eigenvalue weighted by molar-refractivity contribution is 7.92. The van der Waals surface area contributed by atoms with Gasteiger partial charge in [0, 0.05) is 19.2 Å². The third-order valence-corrected chi connectivity index (χ3v) is 6.77. The smallest absolute Gasteiger partial charge is 0.298 e. The van der Waals surface area contributed by atoms with Crippen LogP contribution in [-0.2, 0) is 14.8 Å². The second-order valence-corrected chi connectivity index (χ2v) is 9.75. The molecule has 0 amide bonds. The molecule has 4 rings (SSSR count). The molecule has 0 unspecified atom stereocenters. The molecule has 3 aromatic carbocycles. The fourth-order valence-corrected chi connectivity index (χ4v) is 5.38. The van der Waals surface area contributed by atoms with Crippen molar-refractivity contribution in [2.24, 2.45) is 0 Å². The van der Waals surface area contributed by atoms with E-state index in [-0.39, 0.29) is 11.7 Å². The lowest BCUT2D eigenvalue weighted by Gasteiger charge is -2.48. The Morgan fingerprint density at radius 2 is 1.55 bits per heavy atom. The number of carbonyl (C=O) groups is 1. The van der Waals surface area contributed by atoms with Crippen molar-refractivity contribution in [3.8, 4) is 5.75 Å². The number of ether oxygens (including phenoxy) is 1. The van der Waals surface area contributed by atoms with Crippen molar-refractivity contribution in [1.82, 2.24) is 4.90 Å². The van der Waals surface area contributed by atoms with E-state index in [0.717, 1.165) is 33.8 Å². The van der Waals surface area contributed by atoms with Gasteiger partial charge in [0.1, 0.15) is 17.4 Å².